The van der Waals surface area contributed by atoms with E-state index < -0.39 is 0 Å². The van der Waals surface area contributed by atoms with Crippen molar-refractivity contribution in [1.82, 2.24) is 10.2 Å². The molecule has 0 bridgehead atoms. The molecule has 1 heterocycles. The number of piperazine rings is 1. The standard InChI is InChI=1S/C22H31N3O3/c1-24(2)17-8-6-16(7-9-17)20(25-14-12-23-13-15-25)18-10-11-19(26-3)22(28-5)21(18)27-4/h6-11,20,23H,12-15H2,1-5H3. The first kappa shape index (κ1) is 20.3. The van der Waals surface area contributed by atoms with Gasteiger partial charge in [0.15, 0.2) is 11.5 Å². The second-order valence-electron chi connectivity index (χ2n) is 7.10. The fourth-order valence-electron chi connectivity index (χ4n) is 3.82. The molecule has 0 spiro atoms. The van der Waals surface area contributed by atoms with E-state index in [1.54, 1.807) is 21.3 Å². The van der Waals surface area contributed by atoms with Crippen LogP contribution >= 0.6 is 0 Å². The smallest absolute Gasteiger partial charge is 0.203 e. The molecule has 1 aliphatic rings. The van der Waals surface area contributed by atoms with Gasteiger partial charge in [-0.05, 0) is 29.8 Å². The lowest BCUT2D eigenvalue weighted by molar-refractivity contribution is 0.194. The highest BCUT2D eigenvalue weighted by Crippen LogP contribution is 2.45. The first-order chi connectivity index (χ1) is 13.6. The molecule has 152 valence electrons. The molecule has 0 saturated carbocycles. The number of rotatable bonds is 7. The van der Waals surface area contributed by atoms with Crippen LogP contribution in [-0.4, -0.2) is 66.5 Å². The van der Waals surface area contributed by atoms with Crippen molar-refractivity contribution in [2.75, 3.05) is 66.5 Å². The van der Waals surface area contributed by atoms with Crippen molar-refractivity contribution in [3.05, 3.63) is 47.5 Å². The highest BCUT2D eigenvalue weighted by atomic mass is 16.5. The molecular formula is C22H31N3O3. The molecule has 6 heteroatoms. The molecule has 0 aliphatic carbocycles. The zero-order valence-electron chi connectivity index (χ0n) is 17.5. The van der Waals surface area contributed by atoms with Crippen molar-refractivity contribution in [2.24, 2.45) is 0 Å². The Morgan fingerprint density at radius 1 is 0.857 bits per heavy atom. The molecule has 1 atom stereocenters. The van der Waals surface area contributed by atoms with Gasteiger partial charge in [-0.2, -0.15) is 0 Å². The summed E-state index contributed by atoms with van der Waals surface area (Å²) in [6.45, 7) is 3.89. The van der Waals surface area contributed by atoms with Crippen LogP contribution in [0.1, 0.15) is 17.2 Å². The number of nitrogens with zero attached hydrogens (tertiary/aromatic N) is 2. The summed E-state index contributed by atoms with van der Waals surface area (Å²) in [5.41, 5.74) is 3.50. The maximum Gasteiger partial charge on any atom is 0.203 e. The molecule has 1 unspecified atom stereocenters. The molecule has 1 fully saturated rings. The Balaban J connectivity index is 2.11. The van der Waals surface area contributed by atoms with Crippen LogP contribution in [0, 0.1) is 0 Å². The van der Waals surface area contributed by atoms with Crippen molar-refractivity contribution in [1.29, 1.82) is 0 Å². The minimum absolute atomic E-state index is 0.0769. The average Bonchev–Trinajstić information content (AvgIpc) is 2.74. The lowest BCUT2D eigenvalue weighted by Gasteiger charge is -2.36. The van der Waals surface area contributed by atoms with Crippen LogP contribution in [0.15, 0.2) is 36.4 Å². The van der Waals surface area contributed by atoms with Crippen LogP contribution in [0.3, 0.4) is 0 Å². The second kappa shape index (κ2) is 9.17. The molecule has 2 aromatic carbocycles. The van der Waals surface area contributed by atoms with Crippen LogP contribution in [-0.2, 0) is 0 Å². The monoisotopic (exact) mass is 385 g/mol. The number of benzene rings is 2. The minimum atomic E-state index is 0.0769. The topological polar surface area (TPSA) is 46.2 Å². The van der Waals surface area contributed by atoms with Crippen LogP contribution in [0.2, 0.25) is 0 Å². The minimum Gasteiger partial charge on any atom is -0.493 e. The van der Waals surface area contributed by atoms with Gasteiger partial charge in [0.25, 0.3) is 0 Å². The van der Waals surface area contributed by atoms with Gasteiger partial charge in [0.1, 0.15) is 0 Å². The zero-order chi connectivity index (χ0) is 20.1. The van der Waals surface area contributed by atoms with Crippen molar-refractivity contribution in [3.63, 3.8) is 0 Å². The van der Waals surface area contributed by atoms with Gasteiger partial charge < -0.3 is 24.4 Å². The van der Waals surface area contributed by atoms with Crippen LogP contribution in [0.5, 0.6) is 17.2 Å². The fourth-order valence-corrected chi connectivity index (χ4v) is 3.82. The molecule has 6 nitrogen and oxygen atoms in total. The van der Waals surface area contributed by atoms with Crippen molar-refractivity contribution < 1.29 is 14.2 Å². The summed E-state index contributed by atoms with van der Waals surface area (Å²) in [6.07, 6.45) is 0. The highest BCUT2D eigenvalue weighted by molar-refractivity contribution is 5.58. The SMILES string of the molecule is COc1ccc(C(c2ccc(N(C)C)cc2)N2CCNCC2)c(OC)c1OC. The third kappa shape index (κ3) is 4.03. The summed E-state index contributed by atoms with van der Waals surface area (Å²) in [6, 6.07) is 12.9. The third-order valence-electron chi connectivity index (χ3n) is 5.27. The predicted molar refractivity (Wildman–Crippen MR) is 113 cm³/mol. The predicted octanol–water partition coefficient (Wildman–Crippen LogP) is 2.77. The Bertz CT molecular complexity index is 771. The van der Waals surface area contributed by atoms with Gasteiger partial charge in [0.2, 0.25) is 5.75 Å². The molecule has 2 aromatic rings. The summed E-state index contributed by atoms with van der Waals surface area (Å²) >= 11 is 0. The molecule has 0 amide bonds. The van der Waals surface area contributed by atoms with Gasteiger partial charge in [-0.15, -0.1) is 0 Å². The van der Waals surface area contributed by atoms with Crippen molar-refractivity contribution >= 4 is 5.69 Å². The maximum atomic E-state index is 5.81. The Morgan fingerprint density at radius 2 is 1.50 bits per heavy atom. The summed E-state index contributed by atoms with van der Waals surface area (Å²) < 4.78 is 16.9. The van der Waals surface area contributed by atoms with Gasteiger partial charge in [-0.25, -0.2) is 0 Å². The molecular weight excluding hydrogens is 354 g/mol. The number of hydrogen-bond donors (Lipinski definition) is 1. The Labute approximate surface area is 168 Å². The highest BCUT2D eigenvalue weighted by Gasteiger charge is 2.29. The number of ether oxygens (including phenoxy) is 3. The first-order valence-corrected chi connectivity index (χ1v) is 9.61. The van der Waals surface area contributed by atoms with E-state index in [0.717, 1.165) is 37.5 Å². The van der Waals surface area contributed by atoms with E-state index in [-0.39, 0.29) is 6.04 Å². The number of anilines is 1. The first-order valence-electron chi connectivity index (χ1n) is 9.61. The molecule has 0 aromatic heterocycles. The Morgan fingerprint density at radius 3 is 2.04 bits per heavy atom. The second-order valence-corrected chi connectivity index (χ2v) is 7.10. The van der Waals surface area contributed by atoms with E-state index in [1.165, 1.54) is 11.3 Å². The molecule has 1 N–H and O–H groups in total. The normalized spacial score (nSPS) is 15.8. The zero-order valence-corrected chi connectivity index (χ0v) is 17.5. The van der Waals surface area contributed by atoms with E-state index in [1.807, 2.05) is 6.07 Å². The largest absolute Gasteiger partial charge is 0.493 e. The summed E-state index contributed by atoms with van der Waals surface area (Å²) in [7, 11) is 9.09. The lowest BCUT2D eigenvalue weighted by atomic mass is 9.94. The molecule has 1 saturated heterocycles. The van der Waals surface area contributed by atoms with E-state index in [2.05, 4.69) is 59.5 Å². The summed E-state index contributed by atoms with van der Waals surface area (Å²) in [5, 5.41) is 3.44. The Kier molecular flexibility index (Phi) is 6.65. The van der Waals surface area contributed by atoms with Crippen LogP contribution in [0.4, 0.5) is 5.69 Å². The van der Waals surface area contributed by atoms with Gasteiger partial charge in [-0.1, -0.05) is 12.1 Å². The Hall–Kier alpha value is -2.44. The molecule has 3 rings (SSSR count). The van der Waals surface area contributed by atoms with Crippen molar-refractivity contribution in [2.45, 2.75) is 6.04 Å². The van der Waals surface area contributed by atoms with Gasteiger partial charge in [-0.3, -0.25) is 4.90 Å². The number of hydrogen-bond acceptors (Lipinski definition) is 6. The summed E-state index contributed by atoms with van der Waals surface area (Å²) in [5.74, 6) is 2.03. The number of methoxy groups -OCH3 is 3. The lowest BCUT2D eigenvalue weighted by Crippen LogP contribution is -2.45. The molecule has 1 aliphatic heterocycles. The summed E-state index contributed by atoms with van der Waals surface area (Å²) in [4.78, 5) is 4.60. The third-order valence-corrected chi connectivity index (χ3v) is 5.27. The maximum absolute atomic E-state index is 5.81. The average molecular weight is 386 g/mol. The quantitative estimate of drug-likeness (QED) is 0.791. The van der Waals surface area contributed by atoms with Crippen LogP contribution < -0.4 is 24.4 Å². The fraction of sp³-hybridized carbons (Fsp3) is 0.455. The van der Waals surface area contributed by atoms with Crippen molar-refractivity contribution in [3.8, 4) is 17.2 Å². The van der Waals surface area contributed by atoms with Gasteiger partial charge in [0, 0.05) is 51.5 Å². The number of nitrogens with one attached hydrogen (secondary N) is 1. The van der Waals surface area contributed by atoms with E-state index in [4.69, 9.17) is 14.2 Å². The van der Waals surface area contributed by atoms with Gasteiger partial charge >= 0.3 is 0 Å². The van der Waals surface area contributed by atoms with E-state index in [0.29, 0.717) is 11.5 Å². The molecule has 28 heavy (non-hydrogen) atoms. The molecule has 0 radical (unpaired) electrons. The van der Waals surface area contributed by atoms with Crippen LogP contribution in [0.25, 0.3) is 0 Å². The van der Waals surface area contributed by atoms with E-state index >= 15 is 0 Å². The van der Waals surface area contributed by atoms with E-state index in [9.17, 15) is 0 Å². The van der Waals surface area contributed by atoms with Gasteiger partial charge in [0.05, 0.1) is 27.4 Å².